The second-order valence-electron chi connectivity index (χ2n) is 13.6. The molecule has 0 fully saturated rings. The Kier molecular flexibility index (Phi) is 14.0. The molecule has 1 atom stereocenters. The summed E-state index contributed by atoms with van der Waals surface area (Å²) in [6.07, 6.45) is 35.9. The molecule has 43 heavy (non-hydrogen) atoms. The highest BCUT2D eigenvalue weighted by Gasteiger charge is 2.31. The van der Waals surface area contributed by atoms with E-state index >= 15 is 0 Å². The van der Waals surface area contributed by atoms with Crippen molar-refractivity contribution in [1.82, 2.24) is 0 Å². The van der Waals surface area contributed by atoms with Crippen molar-refractivity contribution in [3.63, 3.8) is 0 Å². The third-order valence-corrected chi connectivity index (χ3v) is 8.72. The van der Waals surface area contributed by atoms with Crippen LogP contribution in [0.25, 0.3) is 10.4 Å². The van der Waals surface area contributed by atoms with Crippen molar-refractivity contribution < 1.29 is 0 Å². The zero-order valence-corrected chi connectivity index (χ0v) is 28.5. The normalized spacial score (nSPS) is 22.7. The molecule has 230 valence electrons. The maximum Gasteiger partial charge on any atom is 0.0588 e. The van der Waals surface area contributed by atoms with Gasteiger partial charge >= 0.3 is 0 Å². The quantitative estimate of drug-likeness (QED) is 0.101. The summed E-state index contributed by atoms with van der Waals surface area (Å²) in [6, 6.07) is -0.0350. The van der Waals surface area contributed by atoms with Gasteiger partial charge in [0.2, 0.25) is 0 Å². The van der Waals surface area contributed by atoms with Gasteiger partial charge in [-0.1, -0.05) is 151 Å². The molecule has 2 rings (SSSR count). The molecule has 3 heteroatoms. The fourth-order valence-electron chi connectivity index (χ4n) is 5.91. The van der Waals surface area contributed by atoms with Crippen molar-refractivity contribution in [2.75, 3.05) is 0 Å². The van der Waals surface area contributed by atoms with E-state index in [0.717, 1.165) is 12.8 Å². The Balaban J connectivity index is 1.93. The minimum absolute atomic E-state index is 0.0350. The smallest absolute Gasteiger partial charge is 0.0588 e. The number of azide groups is 1. The molecule has 0 aliphatic heterocycles. The average Bonchev–Trinajstić information content (AvgIpc) is 2.92. The van der Waals surface area contributed by atoms with E-state index in [1.54, 1.807) is 0 Å². The summed E-state index contributed by atoms with van der Waals surface area (Å²) in [7, 11) is 0. The van der Waals surface area contributed by atoms with Gasteiger partial charge in [0.05, 0.1) is 6.04 Å². The first-order valence-corrected chi connectivity index (χ1v) is 15.8. The van der Waals surface area contributed by atoms with Crippen molar-refractivity contribution in [3.05, 3.63) is 140 Å². The van der Waals surface area contributed by atoms with Gasteiger partial charge in [-0.05, 0) is 101 Å². The Bertz CT molecular complexity index is 1380. The second-order valence-corrected chi connectivity index (χ2v) is 13.6. The Hall–Kier alpha value is -3.55. The number of nitrogens with zero attached hydrogens (tertiary/aromatic N) is 3. The molecule has 0 aromatic carbocycles. The minimum atomic E-state index is -0.0350. The third-order valence-electron chi connectivity index (χ3n) is 8.72. The molecule has 1 unspecified atom stereocenters. The van der Waals surface area contributed by atoms with Crippen LogP contribution in [0, 0.1) is 10.8 Å². The van der Waals surface area contributed by atoms with Gasteiger partial charge in [0.1, 0.15) is 0 Å². The highest BCUT2D eigenvalue weighted by atomic mass is 15.1. The fourth-order valence-corrected chi connectivity index (χ4v) is 5.91. The lowest BCUT2D eigenvalue weighted by Crippen LogP contribution is -2.26. The van der Waals surface area contributed by atoms with Crippen LogP contribution in [0.4, 0.5) is 0 Å². The monoisotopic (exact) mass is 577 g/mol. The first kappa shape index (κ1) is 35.6. The summed E-state index contributed by atoms with van der Waals surface area (Å²) >= 11 is 0. The summed E-state index contributed by atoms with van der Waals surface area (Å²) in [4.78, 5) is 3.04. The molecule has 2 aliphatic rings. The molecule has 0 aromatic heterocycles. The molecule has 0 N–H and O–H groups in total. The molecule has 0 amide bonds. The van der Waals surface area contributed by atoms with E-state index in [0.29, 0.717) is 0 Å². The van der Waals surface area contributed by atoms with Gasteiger partial charge < -0.3 is 0 Å². The molecule has 0 heterocycles. The molecule has 2 aliphatic carbocycles. The van der Waals surface area contributed by atoms with Crippen LogP contribution in [0.1, 0.15) is 101 Å². The average molecular weight is 578 g/mol. The lowest BCUT2D eigenvalue weighted by molar-refractivity contribution is 0.359. The van der Waals surface area contributed by atoms with Gasteiger partial charge in [-0.25, -0.2) is 0 Å². The molecule has 0 radical (unpaired) electrons. The van der Waals surface area contributed by atoms with Gasteiger partial charge in [-0.2, -0.15) is 0 Å². The SMILES string of the molecule is CC1=C(/C=C/C(C)=C/C=C/C(C)=C/C=C/C=C(C)\C=C\C=C(C)\C=C\C2=C(C)C(N=[N+]=[N-])CCC2(C)C)C(C)(C)CCC1. The predicted molar refractivity (Wildman–Crippen MR) is 190 cm³/mol. The molecule has 0 bridgehead atoms. The highest BCUT2D eigenvalue weighted by molar-refractivity contribution is 5.40. The first-order chi connectivity index (χ1) is 20.3. The third kappa shape index (κ3) is 11.9. The van der Waals surface area contributed by atoms with Crippen LogP contribution in [-0.4, -0.2) is 6.04 Å². The van der Waals surface area contributed by atoms with E-state index in [1.807, 2.05) is 0 Å². The maximum atomic E-state index is 8.90. The zero-order chi connectivity index (χ0) is 32.0. The van der Waals surface area contributed by atoms with E-state index in [-0.39, 0.29) is 16.9 Å². The molecule has 0 aromatic rings. The van der Waals surface area contributed by atoms with Gasteiger partial charge in [0, 0.05) is 4.91 Å². The largest absolute Gasteiger partial charge is 0.0863 e. The summed E-state index contributed by atoms with van der Waals surface area (Å²) in [5.41, 5.74) is 19.6. The van der Waals surface area contributed by atoms with E-state index < -0.39 is 0 Å². The predicted octanol–water partition coefficient (Wildman–Crippen LogP) is 12.9. The lowest BCUT2D eigenvalue weighted by atomic mass is 9.71. The highest BCUT2D eigenvalue weighted by Crippen LogP contribution is 2.42. The Morgan fingerprint density at radius 2 is 1.16 bits per heavy atom. The Morgan fingerprint density at radius 3 is 1.67 bits per heavy atom. The van der Waals surface area contributed by atoms with E-state index in [9.17, 15) is 0 Å². The fraction of sp³-hybridized carbons (Fsp3) is 0.450. The first-order valence-electron chi connectivity index (χ1n) is 15.8. The van der Waals surface area contributed by atoms with Crippen molar-refractivity contribution in [2.24, 2.45) is 15.9 Å². The molecule has 0 saturated heterocycles. The topological polar surface area (TPSA) is 48.8 Å². The van der Waals surface area contributed by atoms with E-state index in [2.05, 4.69) is 164 Å². The van der Waals surface area contributed by atoms with E-state index in [4.69, 9.17) is 5.53 Å². The van der Waals surface area contributed by atoms with Crippen LogP contribution < -0.4 is 0 Å². The standard InChI is InChI=1S/C40H55N3/c1-30(18-13-20-32(3)23-25-36-34(5)22-15-28-39(36,7)8)16-11-12-17-31(2)19-14-21-33(4)24-26-37-35(6)38(42-43-41)27-29-40(37,9)10/h11-14,16-21,23-26,38H,15,22,27-29H2,1-10H3/b12-11+,18-13+,19-14+,25-23+,26-24+,30-16+,31-17-,32-20+,33-21+. The summed E-state index contributed by atoms with van der Waals surface area (Å²) in [5.74, 6) is 0. The molecule has 3 nitrogen and oxygen atoms in total. The van der Waals surface area contributed by atoms with Crippen molar-refractivity contribution >= 4 is 0 Å². The van der Waals surface area contributed by atoms with Crippen LogP contribution in [-0.2, 0) is 0 Å². The molecule has 0 spiro atoms. The van der Waals surface area contributed by atoms with Gasteiger partial charge in [-0.3, -0.25) is 0 Å². The molecular formula is C40H55N3. The van der Waals surface area contributed by atoms with Crippen LogP contribution in [0.15, 0.2) is 135 Å². The van der Waals surface area contributed by atoms with Gasteiger partial charge in [0.15, 0.2) is 0 Å². The molecule has 0 saturated carbocycles. The zero-order valence-electron chi connectivity index (χ0n) is 28.5. The van der Waals surface area contributed by atoms with Crippen molar-refractivity contribution in [2.45, 2.75) is 107 Å². The number of rotatable bonds is 11. The van der Waals surface area contributed by atoms with Crippen molar-refractivity contribution in [1.29, 1.82) is 0 Å². The second kappa shape index (κ2) is 16.9. The van der Waals surface area contributed by atoms with Crippen LogP contribution in [0.2, 0.25) is 0 Å². The summed E-state index contributed by atoms with van der Waals surface area (Å²) in [5, 5.41) is 4.00. The van der Waals surface area contributed by atoms with Crippen LogP contribution >= 0.6 is 0 Å². The lowest BCUT2D eigenvalue weighted by Gasteiger charge is -2.35. The Morgan fingerprint density at radius 1 is 0.698 bits per heavy atom. The summed E-state index contributed by atoms with van der Waals surface area (Å²) < 4.78 is 0. The number of allylic oxidation sites excluding steroid dienone is 21. The van der Waals surface area contributed by atoms with Crippen molar-refractivity contribution in [3.8, 4) is 0 Å². The van der Waals surface area contributed by atoms with Crippen LogP contribution in [0.5, 0.6) is 0 Å². The molecular weight excluding hydrogens is 522 g/mol. The van der Waals surface area contributed by atoms with Gasteiger partial charge in [0.25, 0.3) is 0 Å². The number of hydrogen-bond acceptors (Lipinski definition) is 1. The minimum Gasteiger partial charge on any atom is -0.0863 e. The maximum absolute atomic E-state index is 8.90. The van der Waals surface area contributed by atoms with E-state index in [1.165, 1.54) is 63.8 Å². The Labute approximate surface area is 263 Å². The summed E-state index contributed by atoms with van der Waals surface area (Å²) in [6.45, 7) is 22.2. The number of hydrogen-bond donors (Lipinski definition) is 0. The van der Waals surface area contributed by atoms with Crippen LogP contribution in [0.3, 0.4) is 0 Å². The van der Waals surface area contributed by atoms with Gasteiger partial charge in [-0.15, -0.1) is 0 Å².